The maximum atomic E-state index is 12.9. The predicted octanol–water partition coefficient (Wildman–Crippen LogP) is 2.91. The maximum Gasteiger partial charge on any atom is 0.225 e. The average Bonchev–Trinajstić information content (AvgIpc) is 3.14. The van der Waals surface area contributed by atoms with Crippen LogP contribution in [0.5, 0.6) is 0 Å². The molecule has 156 valence electrons. The first-order chi connectivity index (χ1) is 14.0. The Morgan fingerprint density at radius 1 is 1.00 bits per heavy atom. The lowest BCUT2D eigenvalue weighted by atomic mass is 9.94. The molecule has 2 aromatic rings. The van der Waals surface area contributed by atoms with Gasteiger partial charge >= 0.3 is 0 Å². The summed E-state index contributed by atoms with van der Waals surface area (Å²) < 4.78 is 7.88. The number of nitrogens with zero attached hydrogens (tertiary/aromatic N) is 3. The third-order valence-electron chi connectivity index (χ3n) is 6.17. The van der Waals surface area contributed by atoms with E-state index in [0.29, 0.717) is 39.1 Å². The number of rotatable bonds is 4. The minimum atomic E-state index is 0.0324. The third-order valence-corrected chi connectivity index (χ3v) is 6.17. The largest absolute Gasteiger partial charge is 0.372 e. The van der Waals surface area contributed by atoms with Gasteiger partial charge in [-0.3, -0.25) is 9.59 Å². The Kier molecular flexibility index (Phi) is 5.90. The first-order valence-corrected chi connectivity index (χ1v) is 10.8. The van der Waals surface area contributed by atoms with Crippen LogP contribution in [0.2, 0.25) is 0 Å². The molecule has 2 atom stereocenters. The highest BCUT2D eigenvalue weighted by Crippen LogP contribution is 2.23. The van der Waals surface area contributed by atoms with Crippen LogP contribution in [0.4, 0.5) is 0 Å². The van der Waals surface area contributed by atoms with Crippen molar-refractivity contribution in [3.05, 3.63) is 36.5 Å². The second kappa shape index (κ2) is 8.57. The van der Waals surface area contributed by atoms with E-state index in [1.807, 2.05) is 42.0 Å². The zero-order valence-electron chi connectivity index (χ0n) is 17.4. The van der Waals surface area contributed by atoms with E-state index in [-0.39, 0.29) is 29.9 Å². The van der Waals surface area contributed by atoms with Gasteiger partial charge in [-0.15, -0.1) is 0 Å². The summed E-state index contributed by atoms with van der Waals surface area (Å²) in [7, 11) is 0. The number of amides is 2. The number of para-hydroxylation sites is 1. The van der Waals surface area contributed by atoms with Crippen LogP contribution in [0.1, 0.15) is 33.1 Å². The Hall–Kier alpha value is -2.34. The Morgan fingerprint density at radius 3 is 2.41 bits per heavy atom. The van der Waals surface area contributed by atoms with Crippen molar-refractivity contribution in [1.82, 2.24) is 14.4 Å². The van der Waals surface area contributed by atoms with Crippen LogP contribution >= 0.6 is 0 Å². The Balaban J connectivity index is 1.27. The van der Waals surface area contributed by atoms with Gasteiger partial charge in [-0.05, 0) is 44.2 Å². The normalized spacial score (nSPS) is 23.5. The lowest BCUT2D eigenvalue weighted by Gasteiger charge is -2.39. The zero-order valence-corrected chi connectivity index (χ0v) is 17.4. The smallest absolute Gasteiger partial charge is 0.225 e. The molecule has 2 aliphatic rings. The molecule has 0 radical (unpaired) electrons. The molecule has 3 heterocycles. The first-order valence-electron chi connectivity index (χ1n) is 10.8. The summed E-state index contributed by atoms with van der Waals surface area (Å²) in [5.74, 6) is 0.449. The van der Waals surface area contributed by atoms with Crippen molar-refractivity contribution in [1.29, 1.82) is 0 Å². The SMILES string of the molecule is CC1CN(C(=O)C2CCN(C(=O)CCn3ccc4ccccc43)CC2)CC(C)O1. The van der Waals surface area contributed by atoms with Gasteiger partial charge in [0.05, 0.1) is 12.2 Å². The van der Waals surface area contributed by atoms with Crippen molar-refractivity contribution in [3.8, 4) is 0 Å². The number of fused-ring (bicyclic) bond motifs is 1. The van der Waals surface area contributed by atoms with Crippen LogP contribution in [-0.4, -0.2) is 64.6 Å². The van der Waals surface area contributed by atoms with E-state index < -0.39 is 0 Å². The summed E-state index contributed by atoms with van der Waals surface area (Å²) in [6.07, 6.45) is 4.25. The maximum absolute atomic E-state index is 12.9. The van der Waals surface area contributed by atoms with Gasteiger partial charge in [0, 0.05) is 56.8 Å². The molecular formula is C23H31N3O3. The molecule has 2 unspecified atom stereocenters. The molecule has 1 aromatic heterocycles. The van der Waals surface area contributed by atoms with Gasteiger partial charge < -0.3 is 19.1 Å². The van der Waals surface area contributed by atoms with Crippen molar-refractivity contribution in [2.24, 2.45) is 5.92 Å². The summed E-state index contributed by atoms with van der Waals surface area (Å²) in [4.78, 5) is 29.5. The monoisotopic (exact) mass is 397 g/mol. The molecule has 0 saturated carbocycles. The lowest BCUT2D eigenvalue weighted by molar-refractivity contribution is -0.150. The number of hydrogen-bond donors (Lipinski definition) is 0. The second-order valence-electron chi connectivity index (χ2n) is 8.47. The van der Waals surface area contributed by atoms with Crippen LogP contribution in [0, 0.1) is 5.92 Å². The zero-order chi connectivity index (χ0) is 20.4. The molecule has 0 spiro atoms. The number of benzene rings is 1. The molecule has 6 nitrogen and oxygen atoms in total. The topological polar surface area (TPSA) is 54.8 Å². The van der Waals surface area contributed by atoms with Gasteiger partial charge in [-0.1, -0.05) is 18.2 Å². The van der Waals surface area contributed by atoms with Crippen LogP contribution in [0.15, 0.2) is 36.5 Å². The number of aryl methyl sites for hydroxylation is 1. The van der Waals surface area contributed by atoms with E-state index in [1.54, 1.807) is 0 Å². The van der Waals surface area contributed by atoms with Gasteiger partial charge in [0.15, 0.2) is 0 Å². The fraction of sp³-hybridized carbons (Fsp3) is 0.565. The Labute approximate surface area is 172 Å². The highest BCUT2D eigenvalue weighted by atomic mass is 16.5. The summed E-state index contributed by atoms with van der Waals surface area (Å²) in [5, 5.41) is 1.20. The molecule has 0 bridgehead atoms. The lowest BCUT2D eigenvalue weighted by Crippen LogP contribution is -2.51. The molecule has 4 rings (SSSR count). The van der Waals surface area contributed by atoms with Gasteiger partial charge in [-0.25, -0.2) is 0 Å². The van der Waals surface area contributed by atoms with Crippen molar-refractivity contribution < 1.29 is 14.3 Å². The highest BCUT2D eigenvalue weighted by Gasteiger charge is 2.33. The molecular weight excluding hydrogens is 366 g/mol. The molecule has 29 heavy (non-hydrogen) atoms. The number of carbonyl (C=O) groups excluding carboxylic acids is 2. The summed E-state index contributed by atoms with van der Waals surface area (Å²) >= 11 is 0. The minimum Gasteiger partial charge on any atom is -0.372 e. The van der Waals surface area contributed by atoms with E-state index in [2.05, 4.69) is 22.8 Å². The van der Waals surface area contributed by atoms with Crippen molar-refractivity contribution in [2.75, 3.05) is 26.2 Å². The first kappa shape index (κ1) is 20.0. The summed E-state index contributed by atoms with van der Waals surface area (Å²) in [5.41, 5.74) is 1.17. The molecule has 2 fully saturated rings. The molecule has 2 aliphatic heterocycles. The third kappa shape index (κ3) is 4.47. The fourth-order valence-electron chi connectivity index (χ4n) is 4.70. The molecule has 0 aliphatic carbocycles. The molecule has 0 N–H and O–H groups in total. The number of ether oxygens (including phenoxy) is 1. The van der Waals surface area contributed by atoms with Gasteiger partial charge in [-0.2, -0.15) is 0 Å². The standard InChI is InChI=1S/C23H31N3O3/c1-17-15-26(16-18(2)29-17)23(28)20-8-12-25(13-9-20)22(27)10-14-24-11-7-19-5-3-4-6-21(19)24/h3-7,11,17-18,20H,8-10,12-16H2,1-2H3. The van der Waals surface area contributed by atoms with Crippen molar-refractivity contribution in [3.63, 3.8) is 0 Å². The van der Waals surface area contributed by atoms with Crippen LogP contribution < -0.4 is 0 Å². The van der Waals surface area contributed by atoms with Crippen LogP contribution in [0.3, 0.4) is 0 Å². The van der Waals surface area contributed by atoms with Gasteiger partial charge in [0.1, 0.15) is 0 Å². The van der Waals surface area contributed by atoms with E-state index >= 15 is 0 Å². The van der Waals surface area contributed by atoms with Crippen LogP contribution in [0.25, 0.3) is 10.9 Å². The average molecular weight is 398 g/mol. The predicted molar refractivity (Wildman–Crippen MR) is 112 cm³/mol. The Morgan fingerprint density at radius 2 is 1.69 bits per heavy atom. The minimum absolute atomic E-state index is 0.0324. The molecule has 6 heteroatoms. The van der Waals surface area contributed by atoms with Crippen molar-refractivity contribution >= 4 is 22.7 Å². The second-order valence-corrected chi connectivity index (χ2v) is 8.47. The van der Waals surface area contributed by atoms with E-state index in [4.69, 9.17) is 4.74 Å². The molecule has 1 aromatic carbocycles. The van der Waals surface area contributed by atoms with E-state index in [1.165, 1.54) is 10.9 Å². The Bertz CT molecular complexity index is 859. The number of hydrogen-bond acceptors (Lipinski definition) is 3. The summed E-state index contributed by atoms with van der Waals surface area (Å²) in [6.45, 7) is 7.43. The highest BCUT2D eigenvalue weighted by molar-refractivity contribution is 5.81. The van der Waals surface area contributed by atoms with Crippen molar-refractivity contribution in [2.45, 2.75) is 51.9 Å². The van der Waals surface area contributed by atoms with Gasteiger partial charge in [0.2, 0.25) is 11.8 Å². The van der Waals surface area contributed by atoms with E-state index in [9.17, 15) is 9.59 Å². The quantitative estimate of drug-likeness (QED) is 0.797. The van der Waals surface area contributed by atoms with E-state index in [0.717, 1.165) is 12.8 Å². The van der Waals surface area contributed by atoms with Crippen LogP contribution in [-0.2, 0) is 20.9 Å². The molecule has 2 amide bonds. The number of piperidine rings is 1. The number of likely N-dealkylation sites (tertiary alicyclic amines) is 1. The number of morpholine rings is 1. The summed E-state index contributed by atoms with van der Waals surface area (Å²) in [6, 6.07) is 10.3. The fourth-order valence-corrected chi connectivity index (χ4v) is 4.70. The van der Waals surface area contributed by atoms with Gasteiger partial charge in [0.25, 0.3) is 0 Å². The molecule has 2 saturated heterocycles. The number of aromatic nitrogens is 1. The number of carbonyl (C=O) groups is 2.